The second-order valence-electron chi connectivity index (χ2n) is 5.91. The summed E-state index contributed by atoms with van der Waals surface area (Å²) in [6, 6.07) is 6.52. The van der Waals surface area contributed by atoms with Crippen molar-refractivity contribution in [2.75, 3.05) is 13.6 Å². The van der Waals surface area contributed by atoms with Crippen LogP contribution in [0.4, 0.5) is 8.78 Å². The van der Waals surface area contributed by atoms with Crippen LogP contribution in [0.25, 0.3) is 0 Å². The molecule has 1 aromatic carbocycles. The molecule has 1 N–H and O–H groups in total. The van der Waals surface area contributed by atoms with E-state index in [1.165, 1.54) is 12.1 Å². The first-order valence-corrected chi connectivity index (χ1v) is 8.39. The molecule has 0 aliphatic carbocycles. The van der Waals surface area contributed by atoms with Gasteiger partial charge in [0.1, 0.15) is 18.1 Å². The van der Waals surface area contributed by atoms with Crippen LogP contribution in [0.15, 0.2) is 41.9 Å². The predicted octanol–water partition coefficient (Wildman–Crippen LogP) is 3.11. The van der Waals surface area contributed by atoms with Gasteiger partial charge in [-0.3, -0.25) is 0 Å². The molecule has 7 nitrogen and oxygen atoms in total. The molecule has 1 aromatic heterocycles. The lowest BCUT2D eigenvalue weighted by Gasteiger charge is -2.22. The van der Waals surface area contributed by atoms with E-state index >= 15 is 0 Å². The maximum absolute atomic E-state index is 12.2. The van der Waals surface area contributed by atoms with Gasteiger partial charge in [-0.2, -0.15) is 8.78 Å². The minimum absolute atomic E-state index is 0. The zero-order chi connectivity index (χ0) is 19.8. The molecule has 0 spiro atoms. The molecular weight excluding hydrogens is 481 g/mol. The summed E-state index contributed by atoms with van der Waals surface area (Å²) < 4.78 is 30.7. The SMILES string of the molecule is C=CCNC(=NCc1nnc(C)n1C)N(C)Cc1ccc(OC(F)F)cc1.I. The molecule has 0 fully saturated rings. The van der Waals surface area contributed by atoms with Crippen molar-refractivity contribution in [2.45, 2.75) is 26.6 Å². The number of alkyl halides is 2. The Morgan fingerprint density at radius 1 is 1.36 bits per heavy atom. The van der Waals surface area contributed by atoms with E-state index in [1.54, 1.807) is 18.2 Å². The number of nitrogens with zero attached hydrogens (tertiary/aromatic N) is 5. The lowest BCUT2D eigenvalue weighted by atomic mass is 10.2. The van der Waals surface area contributed by atoms with Crippen molar-refractivity contribution in [3.05, 3.63) is 54.1 Å². The number of hydrogen-bond donors (Lipinski definition) is 1. The van der Waals surface area contributed by atoms with E-state index in [2.05, 4.69) is 31.8 Å². The molecule has 0 radical (unpaired) electrons. The highest BCUT2D eigenvalue weighted by atomic mass is 127. The molecule has 1 heterocycles. The second kappa shape index (κ2) is 11.6. The maximum atomic E-state index is 12.2. The number of aliphatic imine (C=N–C) groups is 1. The van der Waals surface area contributed by atoms with Crippen LogP contribution >= 0.6 is 24.0 Å². The molecule has 2 aromatic rings. The molecule has 28 heavy (non-hydrogen) atoms. The summed E-state index contributed by atoms with van der Waals surface area (Å²) in [4.78, 5) is 6.52. The molecular formula is C18H25F2IN6O. The fraction of sp³-hybridized carbons (Fsp3) is 0.389. The van der Waals surface area contributed by atoms with E-state index in [-0.39, 0.29) is 29.7 Å². The monoisotopic (exact) mass is 506 g/mol. The lowest BCUT2D eigenvalue weighted by molar-refractivity contribution is -0.0498. The van der Waals surface area contributed by atoms with E-state index in [4.69, 9.17) is 0 Å². The Balaban J connectivity index is 0.00000392. The summed E-state index contributed by atoms with van der Waals surface area (Å²) in [5.41, 5.74) is 0.932. The molecule has 0 aliphatic heterocycles. The second-order valence-corrected chi connectivity index (χ2v) is 5.91. The first-order chi connectivity index (χ1) is 12.9. The first kappa shape index (κ1) is 23.8. The molecule has 0 saturated carbocycles. The van der Waals surface area contributed by atoms with Crippen LogP contribution in [0, 0.1) is 6.92 Å². The number of rotatable bonds is 8. The van der Waals surface area contributed by atoms with E-state index in [0.717, 1.165) is 17.2 Å². The van der Waals surface area contributed by atoms with Gasteiger partial charge in [0, 0.05) is 27.2 Å². The standard InChI is InChI=1S/C18H24F2N6O.HI/c1-5-10-21-18(22-11-16-24-23-13(2)26(16)4)25(3)12-14-6-8-15(9-7-14)27-17(19)20;/h5-9,17H,1,10-12H2,2-4H3,(H,21,22);1H. The largest absolute Gasteiger partial charge is 0.435 e. The number of aryl methyl sites for hydroxylation is 1. The summed E-state index contributed by atoms with van der Waals surface area (Å²) >= 11 is 0. The fourth-order valence-electron chi connectivity index (χ4n) is 2.33. The average Bonchev–Trinajstić information content (AvgIpc) is 2.95. The fourth-order valence-corrected chi connectivity index (χ4v) is 2.33. The van der Waals surface area contributed by atoms with Crippen LogP contribution in [0.1, 0.15) is 17.2 Å². The molecule has 2 rings (SSSR count). The van der Waals surface area contributed by atoms with E-state index in [1.807, 2.05) is 30.5 Å². The van der Waals surface area contributed by atoms with Crippen molar-refractivity contribution >= 4 is 29.9 Å². The molecule has 0 amide bonds. The number of ether oxygens (including phenoxy) is 1. The zero-order valence-electron chi connectivity index (χ0n) is 16.1. The van der Waals surface area contributed by atoms with Crippen LogP contribution in [-0.4, -0.2) is 45.8 Å². The van der Waals surface area contributed by atoms with Crippen LogP contribution in [0.2, 0.25) is 0 Å². The Bertz CT molecular complexity index is 779. The maximum Gasteiger partial charge on any atom is 0.387 e. The number of halogens is 3. The Labute approximate surface area is 180 Å². The van der Waals surface area contributed by atoms with Gasteiger partial charge in [0.05, 0.1) is 0 Å². The van der Waals surface area contributed by atoms with Gasteiger partial charge in [-0.1, -0.05) is 18.2 Å². The van der Waals surface area contributed by atoms with Gasteiger partial charge in [0.15, 0.2) is 11.8 Å². The van der Waals surface area contributed by atoms with Crippen molar-refractivity contribution in [3.8, 4) is 5.75 Å². The van der Waals surface area contributed by atoms with Crippen molar-refractivity contribution in [2.24, 2.45) is 12.0 Å². The Hall–Kier alpha value is -2.24. The number of benzene rings is 1. The number of hydrogen-bond acceptors (Lipinski definition) is 4. The molecule has 154 valence electrons. The summed E-state index contributed by atoms with van der Waals surface area (Å²) in [6.07, 6.45) is 1.74. The highest BCUT2D eigenvalue weighted by molar-refractivity contribution is 14.0. The van der Waals surface area contributed by atoms with E-state index < -0.39 is 6.61 Å². The van der Waals surface area contributed by atoms with Crippen LogP contribution < -0.4 is 10.1 Å². The normalized spacial score (nSPS) is 11.1. The topological polar surface area (TPSA) is 67.6 Å². The predicted molar refractivity (Wildman–Crippen MR) is 115 cm³/mol. The molecule has 0 unspecified atom stereocenters. The van der Waals surface area contributed by atoms with Gasteiger partial charge in [-0.25, -0.2) is 4.99 Å². The van der Waals surface area contributed by atoms with Gasteiger partial charge < -0.3 is 19.5 Å². The Morgan fingerprint density at radius 3 is 2.57 bits per heavy atom. The lowest BCUT2D eigenvalue weighted by Crippen LogP contribution is -2.38. The van der Waals surface area contributed by atoms with Crippen LogP contribution in [0.5, 0.6) is 5.75 Å². The van der Waals surface area contributed by atoms with Crippen LogP contribution in [0.3, 0.4) is 0 Å². The first-order valence-electron chi connectivity index (χ1n) is 8.39. The van der Waals surface area contributed by atoms with E-state index in [9.17, 15) is 8.78 Å². The molecule has 0 atom stereocenters. The summed E-state index contributed by atoms with van der Waals surface area (Å²) in [5.74, 6) is 2.38. The Kier molecular flexibility index (Phi) is 9.83. The Morgan fingerprint density at radius 2 is 2.04 bits per heavy atom. The summed E-state index contributed by atoms with van der Waals surface area (Å²) in [7, 11) is 3.78. The van der Waals surface area contributed by atoms with Crippen molar-refractivity contribution < 1.29 is 13.5 Å². The van der Waals surface area contributed by atoms with Crippen molar-refractivity contribution in [1.82, 2.24) is 25.0 Å². The molecule has 0 aliphatic rings. The highest BCUT2D eigenvalue weighted by Gasteiger charge is 2.10. The molecule has 0 bridgehead atoms. The van der Waals surface area contributed by atoms with Crippen molar-refractivity contribution in [3.63, 3.8) is 0 Å². The van der Waals surface area contributed by atoms with E-state index in [0.29, 0.717) is 25.6 Å². The third kappa shape index (κ3) is 7.06. The third-order valence-electron chi connectivity index (χ3n) is 3.89. The van der Waals surface area contributed by atoms with Gasteiger partial charge in [0.2, 0.25) is 0 Å². The summed E-state index contributed by atoms with van der Waals surface area (Å²) in [5, 5.41) is 11.3. The minimum atomic E-state index is -2.83. The zero-order valence-corrected chi connectivity index (χ0v) is 18.4. The molecule has 10 heteroatoms. The third-order valence-corrected chi connectivity index (χ3v) is 3.89. The summed E-state index contributed by atoms with van der Waals surface area (Å²) in [6.45, 7) is 4.23. The minimum Gasteiger partial charge on any atom is -0.435 e. The number of nitrogens with one attached hydrogen (secondary N) is 1. The van der Waals surface area contributed by atoms with Gasteiger partial charge >= 0.3 is 6.61 Å². The van der Waals surface area contributed by atoms with Crippen molar-refractivity contribution in [1.29, 1.82) is 0 Å². The quantitative estimate of drug-likeness (QED) is 0.258. The smallest absolute Gasteiger partial charge is 0.387 e. The number of aromatic nitrogens is 3. The molecule has 0 saturated heterocycles. The van der Waals surface area contributed by atoms with Crippen LogP contribution in [-0.2, 0) is 20.1 Å². The highest BCUT2D eigenvalue weighted by Crippen LogP contribution is 2.15. The van der Waals surface area contributed by atoms with Gasteiger partial charge in [-0.15, -0.1) is 40.8 Å². The average molecular weight is 506 g/mol. The van der Waals surface area contributed by atoms with Gasteiger partial charge in [-0.05, 0) is 24.6 Å². The number of guanidine groups is 1. The van der Waals surface area contributed by atoms with Gasteiger partial charge in [0.25, 0.3) is 0 Å².